The van der Waals surface area contributed by atoms with Gasteiger partial charge in [0.25, 0.3) is 0 Å². The van der Waals surface area contributed by atoms with E-state index in [9.17, 15) is 0 Å². The molecule has 4 nitrogen and oxygen atoms in total. The molecule has 0 radical (unpaired) electrons. The Morgan fingerprint density at radius 1 is 0.714 bits per heavy atom. The molecule has 0 aromatic heterocycles. The van der Waals surface area contributed by atoms with E-state index in [-0.39, 0.29) is 87.6 Å². The van der Waals surface area contributed by atoms with Gasteiger partial charge in [-0.05, 0) is 0 Å². The van der Waals surface area contributed by atoms with Gasteiger partial charge in [0.1, 0.15) is 0 Å². The zero-order chi connectivity index (χ0) is 2.00. The molecule has 0 aliphatic rings. The van der Waals surface area contributed by atoms with Gasteiger partial charge in [-0.1, -0.05) is 0 Å². The zero-order valence-corrected chi connectivity index (χ0v) is 11.8. The SMILES string of the molecule is [La+3].[La+3].[O-2].[O-2].[O-2].[O]=[Ag]. The molecule has 0 heterocycles. The van der Waals surface area contributed by atoms with Crippen LogP contribution in [-0.4, -0.2) is 0 Å². The minimum atomic E-state index is 0. The average Bonchev–Trinajstić information content (AvgIpc) is 1.00. The minimum absolute atomic E-state index is 0. The molecule has 0 saturated carbocycles. The van der Waals surface area contributed by atoms with E-state index in [4.69, 9.17) is 3.25 Å². The molecule has 0 N–H and O–H groups in total. The molecule has 0 amide bonds. The van der Waals surface area contributed by atoms with Gasteiger partial charge >= 0.3 is 95.5 Å². The van der Waals surface area contributed by atoms with Crippen molar-refractivity contribution >= 4 is 0 Å². The van der Waals surface area contributed by atoms with Crippen LogP contribution in [0.3, 0.4) is 0 Å². The molecule has 0 aliphatic carbocycles. The van der Waals surface area contributed by atoms with E-state index in [2.05, 4.69) is 0 Å². The van der Waals surface area contributed by atoms with Crippen LogP contribution in [-0.2, 0) is 40.7 Å². The first kappa shape index (κ1) is 52.5. The van der Waals surface area contributed by atoms with Gasteiger partial charge in [-0.25, -0.2) is 0 Å². The normalized spacial score (nSPS) is 0.857. The summed E-state index contributed by atoms with van der Waals surface area (Å²) < 4.78 is 8.06. The summed E-state index contributed by atoms with van der Waals surface area (Å²) >= 11 is 1.70. The summed E-state index contributed by atoms with van der Waals surface area (Å²) in [6.07, 6.45) is 0. The molecule has 0 aromatic rings. The quantitative estimate of drug-likeness (QED) is 0.458. The fraction of sp³-hybridized carbons (Fsp3) is 0. The van der Waals surface area contributed by atoms with Crippen LogP contribution in [0.2, 0.25) is 0 Å². The van der Waals surface area contributed by atoms with E-state index in [0.29, 0.717) is 0 Å². The molecule has 0 unspecified atom stereocenters. The van der Waals surface area contributed by atoms with Gasteiger partial charge in [0, 0.05) is 0 Å². The Kier molecular flexibility index (Phi) is 510. The number of hydrogen-bond donors (Lipinski definition) is 0. The van der Waals surface area contributed by atoms with E-state index in [1.807, 2.05) is 0 Å². The fourth-order valence-electron chi connectivity index (χ4n) is 0. The van der Waals surface area contributed by atoms with Gasteiger partial charge in [-0.2, -0.15) is 0 Å². The van der Waals surface area contributed by atoms with Crippen molar-refractivity contribution in [3.05, 3.63) is 0 Å². The third-order valence-electron chi connectivity index (χ3n) is 0. The summed E-state index contributed by atoms with van der Waals surface area (Å²) in [5.74, 6) is 0. The summed E-state index contributed by atoms with van der Waals surface area (Å²) in [5, 5.41) is 0. The Morgan fingerprint density at radius 2 is 0.714 bits per heavy atom. The van der Waals surface area contributed by atoms with Crippen molar-refractivity contribution in [1.82, 2.24) is 0 Å². The van der Waals surface area contributed by atoms with Crippen LogP contribution in [0.25, 0.3) is 0 Å². The van der Waals surface area contributed by atoms with Crippen LogP contribution in [0.1, 0.15) is 0 Å². The second kappa shape index (κ2) is 68.1. The van der Waals surface area contributed by atoms with Crippen LogP contribution in [0, 0.1) is 71.2 Å². The molecule has 0 atom stereocenters. The Hall–Kier alpha value is 2.81. The summed E-state index contributed by atoms with van der Waals surface area (Å²) in [4.78, 5) is 0. The van der Waals surface area contributed by atoms with Crippen molar-refractivity contribution in [2.75, 3.05) is 0 Å². The molecule has 0 aliphatic heterocycles. The molecule has 0 rings (SSSR count). The van der Waals surface area contributed by atoms with Crippen LogP contribution in [0.15, 0.2) is 0 Å². The van der Waals surface area contributed by atoms with Gasteiger partial charge in [0.05, 0.1) is 0 Å². The standard InChI is InChI=1S/Ag.2La.4O/q;2*+3;;3*-2. The maximum absolute atomic E-state index is 8.06. The predicted octanol–water partition coefficient (Wildman–Crippen LogP) is -0.478. The van der Waals surface area contributed by atoms with Crippen molar-refractivity contribution in [2.45, 2.75) is 0 Å². The molecule has 0 fully saturated rings. The van der Waals surface area contributed by atoms with Crippen LogP contribution >= 0.6 is 0 Å². The van der Waals surface area contributed by atoms with Crippen molar-refractivity contribution in [2.24, 2.45) is 0 Å². The molecular formula is AgLa2O4. The zero-order valence-electron chi connectivity index (χ0n) is 3.09. The van der Waals surface area contributed by atoms with Crippen LogP contribution in [0.4, 0.5) is 0 Å². The first-order chi connectivity index (χ1) is 1.00. The van der Waals surface area contributed by atoms with Crippen molar-refractivity contribution in [3.8, 4) is 0 Å². The van der Waals surface area contributed by atoms with Gasteiger partial charge in [-0.15, -0.1) is 0 Å². The second-order valence-electron chi connectivity index (χ2n) is 0. The van der Waals surface area contributed by atoms with E-state index >= 15 is 0 Å². The molecule has 0 spiro atoms. The fourth-order valence-corrected chi connectivity index (χ4v) is 0. The molecule has 7 heavy (non-hydrogen) atoms. The van der Waals surface area contributed by atoms with Gasteiger partial charge < -0.3 is 16.4 Å². The Labute approximate surface area is 110 Å². The molecule has 0 bridgehead atoms. The van der Waals surface area contributed by atoms with E-state index in [1.54, 1.807) is 21.0 Å². The topological polar surface area (TPSA) is 103 Å². The Morgan fingerprint density at radius 3 is 0.714 bits per heavy atom. The van der Waals surface area contributed by atoms with Gasteiger partial charge in [0.15, 0.2) is 0 Å². The average molecular weight is 450 g/mol. The first-order valence-corrected chi connectivity index (χ1v) is 0.728. The number of rotatable bonds is 0. The monoisotopic (exact) mass is 449 g/mol. The molecule has 0 aromatic carbocycles. The maximum atomic E-state index is 8.06. The Balaban J connectivity index is -0.000000000500. The summed E-state index contributed by atoms with van der Waals surface area (Å²) in [6, 6.07) is 0. The van der Waals surface area contributed by atoms with E-state index in [1.165, 1.54) is 0 Å². The van der Waals surface area contributed by atoms with Crippen LogP contribution in [0.5, 0.6) is 0 Å². The predicted molar refractivity (Wildman–Crippen MR) is 2.75 cm³/mol. The summed E-state index contributed by atoms with van der Waals surface area (Å²) in [5.41, 5.74) is 0. The molecular weight excluding hydrogens is 450 g/mol. The van der Waals surface area contributed by atoms with Gasteiger partial charge in [0.2, 0.25) is 0 Å². The van der Waals surface area contributed by atoms with Crippen LogP contribution < -0.4 is 0 Å². The Bertz CT molecular complexity index is 9.65. The first-order valence-electron chi connectivity index (χ1n) is 0.123. The third kappa shape index (κ3) is 51.7. The van der Waals surface area contributed by atoms with Crippen molar-refractivity contribution < 1.29 is 112 Å². The van der Waals surface area contributed by atoms with Crippen molar-refractivity contribution in [3.63, 3.8) is 0 Å². The number of hydrogen-bond acceptors (Lipinski definition) is 1. The second-order valence-corrected chi connectivity index (χ2v) is 0. The van der Waals surface area contributed by atoms with E-state index < -0.39 is 0 Å². The van der Waals surface area contributed by atoms with E-state index in [0.717, 1.165) is 0 Å². The molecule has 0 saturated heterocycles. The van der Waals surface area contributed by atoms with Crippen molar-refractivity contribution in [1.29, 1.82) is 0 Å². The molecule has 7 heteroatoms. The summed E-state index contributed by atoms with van der Waals surface area (Å²) in [7, 11) is 0. The van der Waals surface area contributed by atoms with Gasteiger partial charge in [-0.3, -0.25) is 0 Å². The third-order valence-corrected chi connectivity index (χ3v) is 0. The molecule has 41 valence electrons. The summed E-state index contributed by atoms with van der Waals surface area (Å²) in [6.45, 7) is 0.